The van der Waals surface area contributed by atoms with E-state index in [1.807, 2.05) is 62.8 Å². The van der Waals surface area contributed by atoms with Gasteiger partial charge in [0.25, 0.3) is 5.91 Å². The Labute approximate surface area is 137 Å². The summed E-state index contributed by atoms with van der Waals surface area (Å²) in [6.45, 7) is 6.39. The highest BCUT2D eigenvalue weighted by Gasteiger charge is 2.19. The third-order valence-corrected chi connectivity index (χ3v) is 3.58. The van der Waals surface area contributed by atoms with Crippen LogP contribution in [0.3, 0.4) is 0 Å². The molecule has 0 radical (unpaired) electrons. The zero-order chi connectivity index (χ0) is 15.4. The average Bonchev–Trinajstić information content (AvgIpc) is 2.80. The largest absolute Gasteiger partial charge is 0.350 e. The smallest absolute Gasteiger partial charge is 0.255 e. The fourth-order valence-electron chi connectivity index (χ4n) is 2.23. The van der Waals surface area contributed by atoms with Crippen molar-refractivity contribution in [2.45, 2.75) is 26.8 Å². The molecule has 1 heterocycles. The highest BCUT2D eigenvalue weighted by atomic mass is 35.5. The summed E-state index contributed by atoms with van der Waals surface area (Å²) < 4.78 is 1.81. The van der Waals surface area contributed by atoms with E-state index < -0.39 is 0 Å². The molecule has 0 aliphatic carbocycles. The van der Waals surface area contributed by atoms with Crippen LogP contribution < -0.4 is 10.6 Å². The zero-order valence-corrected chi connectivity index (χ0v) is 14.2. The molecular weight excluding hydrogens is 300 g/mol. The minimum Gasteiger partial charge on any atom is -0.350 e. The number of amides is 1. The van der Waals surface area contributed by atoms with Gasteiger partial charge in [0.1, 0.15) is 0 Å². The second-order valence-corrected chi connectivity index (χ2v) is 5.19. The zero-order valence-electron chi connectivity index (χ0n) is 13.4. The molecule has 5 nitrogen and oxygen atoms in total. The van der Waals surface area contributed by atoms with E-state index in [2.05, 4.69) is 15.7 Å². The van der Waals surface area contributed by atoms with Crippen LogP contribution in [0.5, 0.6) is 0 Å². The topological polar surface area (TPSA) is 58.9 Å². The number of hydrogen-bond donors (Lipinski definition) is 2. The van der Waals surface area contributed by atoms with Crippen molar-refractivity contribution in [2.75, 3.05) is 13.6 Å². The molecule has 120 valence electrons. The third kappa shape index (κ3) is 3.87. The molecule has 1 aromatic heterocycles. The number of carbonyl (C=O) groups is 1. The predicted octanol–water partition coefficient (Wildman–Crippen LogP) is 2.25. The summed E-state index contributed by atoms with van der Waals surface area (Å²) in [7, 11) is 1.88. The van der Waals surface area contributed by atoms with Crippen LogP contribution in [0, 0.1) is 13.8 Å². The Hall–Kier alpha value is -1.85. The fourth-order valence-corrected chi connectivity index (χ4v) is 2.23. The second-order valence-electron chi connectivity index (χ2n) is 5.19. The van der Waals surface area contributed by atoms with Gasteiger partial charge in [0.05, 0.1) is 22.6 Å². The Bertz CT molecular complexity index is 625. The van der Waals surface area contributed by atoms with Crippen molar-refractivity contribution in [1.82, 2.24) is 20.4 Å². The van der Waals surface area contributed by atoms with Gasteiger partial charge in [-0.2, -0.15) is 5.10 Å². The lowest BCUT2D eigenvalue weighted by molar-refractivity contribution is 0.0949. The number of rotatable bonds is 5. The molecule has 0 aliphatic heterocycles. The number of nitrogens with zero attached hydrogens (tertiary/aromatic N) is 2. The van der Waals surface area contributed by atoms with Crippen LogP contribution in [-0.4, -0.2) is 35.3 Å². The molecule has 1 aromatic carbocycles. The van der Waals surface area contributed by atoms with Gasteiger partial charge in [-0.15, -0.1) is 12.4 Å². The van der Waals surface area contributed by atoms with Crippen LogP contribution in [0.15, 0.2) is 30.3 Å². The van der Waals surface area contributed by atoms with Crippen molar-refractivity contribution in [3.8, 4) is 5.69 Å². The van der Waals surface area contributed by atoms with Gasteiger partial charge in [-0.3, -0.25) is 4.79 Å². The number of benzene rings is 1. The number of aromatic nitrogens is 2. The number of para-hydroxylation sites is 1. The monoisotopic (exact) mass is 322 g/mol. The second kappa shape index (κ2) is 7.96. The van der Waals surface area contributed by atoms with E-state index in [4.69, 9.17) is 0 Å². The highest BCUT2D eigenvalue weighted by Crippen LogP contribution is 2.17. The summed E-state index contributed by atoms with van der Waals surface area (Å²) in [5, 5.41) is 10.5. The first-order chi connectivity index (χ1) is 10.0. The van der Waals surface area contributed by atoms with Crippen LogP contribution in [-0.2, 0) is 0 Å². The van der Waals surface area contributed by atoms with Gasteiger partial charge in [0.15, 0.2) is 0 Å². The molecule has 2 aromatic rings. The van der Waals surface area contributed by atoms with Crippen molar-refractivity contribution in [1.29, 1.82) is 0 Å². The van der Waals surface area contributed by atoms with E-state index >= 15 is 0 Å². The maximum atomic E-state index is 12.4. The normalized spacial score (nSPS) is 11.6. The summed E-state index contributed by atoms with van der Waals surface area (Å²) in [6.07, 6.45) is 0. The van der Waals surface area contributed by atoms with Crippen LogP contribution in [0.25, 0.3) is 5.69 Å². The first-order valence-electron chi connectivity index (χ1n) is 7.11. The van der Waals surface area contributed by atoms with E-state index in [0.29, 0.717) is 12.1 Å². The van der Waals surface area contributed by atoms with E-state index in [9.17, 15) is 4.79 Å². The molecule has 1 atom stereocenters. The molecule has 2 rings (SSSR count). The Balaban J connectivity index is 0.00000242. The minimum atomic E-state index is -0.0747. The number of aryl methyl sites for hydroxylation is 1. The van der Waals surface area contributed by atoms with E-state index in [-0.39, 0.29) is 24.4 Å². The number of nitrogens with one attached hydrogen (secondary N) is 2. The number of hydrogen-bond acceptors (Lipinski definition) is 3. The van der Waals surface area contributed by atoms with Crippen LogP contribution >= 0.6 is 12.4 Å². The molecule has 6 heteroatoms. The fraction of sp³-hybridized carbons (Fsp3) is 0.375. The van der Waals surface area contributed by atoms with E-state index in [1.165, 1.54) is 0 Å². The van der Waals surface area contributed by atoms with Gasteiger partial charge in [0.2, 0.25) is 0 Å². The van der Waals surface area contributed by atoms with Crippen LogP contribution in [0.2, 0.25) is 0 Å². The van der Waals surface area contributed by atoms with Gasteiger partial charge < -0.3 is 10.6 Å². The molecule has 22 heavy (non-hydrogen) atoms. The lowest BCUT2D eigenvalue weighted by atomic mass is 10.1. The molecule has 0 aliphatic rings. The first-order valence-corrected chi connectivity index (χ1v) is 7.11. The molecule has 1 unspecified atom stereocenters. The van der Waals surface area contributed by atoms with E-state index in [1.54, 1.807) is 0 Å². The third-order valence-electron chi connectivity index (χ3n) is 3.58. The van der Waals surface area contributed by atoms with Gasteiger partial charge >= 0.3 is 0 Å². The Morgan fingerprint density at radius 3 is 2.50 bits per heavy atom. The van der Waals surface area contributed by atoms with Gasteiger partial charge in [0, 0.05) is 12.6 Å². The molecular formula is C16H23ClN4O. The molecule has 0 saturated carbocycles. The molecule has 0 saturated heterocycles. The van der Waals surface area contributed by atoms with Crippen LogP contribution in [0.1, 0.15) is 28.7 Å². The van der Waals surface area contributed by atoms with Crippen molar-refractivity contribution < 1.29 is 4.79 Å². The van der Waals surface area contributed by atoms with Gasteiger partial charge in [-0.05, 0) is 40.0 Å². The molecule has 0 bridgehead atoms. The molecule has 0 spiro atoms. The highest BCUT2D eigenvalue weighted by molar-refractivity contribution is 5.96. The molecule has 2 N–H and O–H groups in total. The first kappa shape index (κ1) is 18.2. The molecule has 0 fully saturated rings. The molecule has 1 amide bonds. The quantitative estimate of drug-likeness (QED) is 0.887. The Kier molecular flexibility index (Phi) is 6.59. The Morgan fingerprint density at radius 2 is 1.91 bits per heavy atom. The van der Waals surface area contributed by atoms with E-state index in [0.717, 1.165) is 17.1 Å². The summed E-state index contributed by atoms with van der Waals surface area (Å²) in [5.41, 5.74) is 3.21. The average molecular weight is 323 g/mol. The summed E-state index contributed by atoms with van der Waals surface area (Å²) >= 11 is 0. The van der Waals surface area contributed by atoms with Gasteiger partial charge in [-0.1, -0.05) is 18.2 Å². The van der Waals surface area contributed by atoms with Crippen molar-refractivity contribution in [3.05, 3.63) is 47.3 Å². The van der Waals surface area contributed by atoms with Crippen molar-refractivity contribution in [3.63, 3.8) is 0 Å². The SMILES string of the molecule is CNC(C)CNC(=O)c1c(C)nn(-c2ccccc2)c1C.Cl. The lowest BCUT2D eigenvalue weighted by Crippen LogP contribution is -2.37. The summed E-state index contributed by atoms with van der Waals surface area (Å²) in [4.78, 5) is 12.4. The maximum absolute atomic E-state index is 12.4. The lowest BCUT2D eigenvalue weighted by Gasteiger charge is -2.11. The number of likely N-dealkylation sites (N-methyl/N-ethyl adjacent to an activating group) is 1. The Morgan fingerprint density at radius 1 is 1.27 bits per heavy atom. The van der Waals surface area contributed by atoms with Crippen LogP contribution in [0.4, 0.5) is 0 Å². The minimum absolute atomic E-state index is 0. The summed E-state index contributed by atoms with van der Waals surface area (Å²) in [5.74, 6) is -0.0747. The predicted molar refractivity (Wildman–Crippen MR) is 91.1 cm³/mol. The number of carbonyl (C=O) groups excluding carboxylic acids is 1. The number of halogens is 1. The van der Waals surface area contributed by atoms with Crippen molar-refractivity contribution >= 4 is 18.3 Å². The maximum Gasteiger partial charge on any atom is 0.255 e. The van der Waals surface area contributed by atoms with Crippen molar-refractivity contribution in [2.24, 2.45) is 0 Å². The van der Waals surface area contributed by atoms with Gasteiger partial charge in [-0.25, -0.2) is 4.68 Å². The summed E-state index contributed by atoms with van der Waals surface area (Å²) in [6, 6.07) is 10.1. The standard InChI is InChI=1S/C16H22N4O.ClH/c1-11(17-4)10-18-16(21)15-12(2)19-20(13(15)3)14-8-6-5-7-9-14;/h5-9,11,17H,10H2,1-4H3,(H,18,21);1H.